The summed E-state index contributed by atoms with van der Waals surface area (Å²) in [5.74, 6) is 0. The van der Waals surface area contributed by atoms with Crippen LogP contribution in [0.4, 0.5) is 0 Å². The van der Waals surface area contributed by atoms with E-state index in [9.17, 15) is 0 Å². The largest absolute Gasteiger partial charge is 0.316 e. The van der Waals surface area contributed by atoms with Gasteiger partial charge in [-0.3, -0.25) is 10.5 Å². The SMILES string of the molecule is OO.[LiH].[MgH2]. The van der Waals surface area contributed by atoms with Crippen LogP contribution in [0, 0.1) is 0 Å². The van der Waals surface area contributed by atoms with E-state index in [0.717, 1.165) is 0 Å². The second-order valence-electron chi connectivity index (χ2n) is 0. The molecular weight excluding hydrogens is 63.2 g/mol. The molecular formula is H5LiMgO2. The van der Waals surface area contributed by atoms with Crippen molar-refractivity contribution < 1.29 is 10.5 Å². The first-order valence-electron chi connectivity index (χ1n) is 0.200. The Morgan fingerprint density at radius 3 is 1.00 bits per heavy atom. The summed E-state index contributed by atoms with van der Waals surface area (Å²) in [6.07, 6.45) is 0. The van der Waals surface area contributed by atoms with E-state index in [1.807, 2.05) is 0 Å². The van der Waals surface area contributed by atoms with Crippen LogP contribution in [0.1, 0.15) is 0 Å². The van der Waals surface area contributed by atoms with E-state index in [0.29, 0.717) is 0 Å². The molecule has 0 fully saturated rings. The maximum Gasteiger partial charge on any atom is 0.316 e. The van der Waals surface area contributed by atoms with Crippen molar-refractivity contribution in [3.05, 3.63) is 0 Å². The predicted octanol–water partition coefficient (Wildman–Crippen LogP) is -1.55. The second kappa shape index (κ2) is 28.0. The molecule has 0 aromatic carbocycles. The molecule has 0 saturated heterocycles. The van der Waals surface area contributed by atoms with Gasteiger partial charge in [0.25, 0.3) is 0 Å². The molecule has 0 aromatic heterocycles. The summed E-state index contributed by atoms with van der Waals surface area (Å²) in [4.78, 5) is 0. The van der Waals surface area contributed by atoms with Crippen LogP contribution in [0.25, 0.3) is 0 Å². The zero-order chi connectivity index (χ0) is 2.00. The maximum atomic E-state index is 6.00. The van der Waals surface area contributed by atoms with Crippen molar-refractivity contribution in [1.82, 2.24) is 0 Å². The van der Waals surface area contributed by atoms with Crippen LogP contribution in [-0.4, -0.2) is 52.4 Å². The summed E-state index contributed by atoms with van der Waals surface area (Å²) < 4.78 is 0. The van der Waals surface area contributed by atoms with Gasteiger partial charge in [0.05, 0.1) is 0 Å². The summed E-state index contributed by atoms with van der Waals surface area (Å²) in [6.45, 7) is 0. The fraction of sp³-hybridized carbons (Fsp3) is 0. The summed E-state index contributed by atoms with van der Waals surface area (Å²) in [5.41, 5.74) is 0. The van der Waals surface area contributed by atoms with Gasteiger partial charge in [-0.2, -0.15) is 0 Å². The van der Waals surface area contributed by atoms with Gasteiger partial charge in [-0.05, 0) is 0 Å². The molecule has 0 aliphatic rings. The predicted molar refractivity (Wildman–Crippen MR) is 21.0 cm³/mol. The molecule has 2 nitrogen and oxygen atoms in total. The van der Waals surface area contributed by atoms with Gasteiger partial charge in [0.15, 0.2) is 0 Å². The van der Waals surface area contributed by atoms with Crippen LogP contribution in [0.3, 0.4) is 0 Å². The first kappa shape index (κ1) is 18.6. The molecule has 0 aliphatic heterocycles. The van der Waals surface area contributed by atoms with Gasteiger partial charge in [-0.25, -0.2) is 0 Å². The summed E-state index contributed by atoms with van der Waals surface area (Å²) in [7, 11) is 0. The van der Waals surface area contributed by atoms with Crippen molar-refractivity contribution in [2.75, 3.05) is 0 Å². The van der Waals surface area contributed by atoms with Crippen LogP contribution in [0.2, 0.25) is 0 Å². The number of rotatable bonds is 0. The van der Waals surface area contributed by atoms with Crippen molar-refractivity contribution in [3.8, 4) is 0 Å². The molecule has 0 amide bonds. The Balaban J connectivity index is -0.00000000500. The molecule has 4 heteroatoms. The molecule has 0 heterocycles. The zero-order valence-electron chi connectivity index (χ0n) is 0.894. The molecule has 0 spiro atoms. The average molecular weight is 68.3 g/mol. The fourth-order valence-corrected chi connectivity index (χ4v) is 0. The van der Waals surface area contributed by atoms with Crippen LogP contribution < -0.4 is 0 Å². The van der Waals surface area contributed by atoms with Gasteiger partial charge < -0.3 is 0 Å². The standard InChI is InChI=1S/Li.Mg.H2O2.3H/c;;1-2;;;/h;;1-2H;;;. The van der Waals surface area contributed by atoms with Gasteiger partial charge in [0.1, 0.15) is 0 Å². The molecule has 0 atom stereocenters. The molecule has 0 rings (SSSR count). The summed E-state index contributed by atoms with van der Waals surface area (Å²) in [6, 6.07) is 0. The fourth-order valence-electron chi connectivity index (χ4n) is 0. The Hall–Kier alpha value is 1.28. The zero-order valence-corrected chi connectivity index (χ0v) is 0.894. The van der Waals surface area contributed by atoms with E-state index in [1.54, 1.807) is 0 Å². The van der Waals surface area contributed by atoms with Crippen LogP contribution in [0.15, 0.2) is 0 Å². The van der Waals surface area contributed by atoms with Gasteiger partial charge in [0.2, 0.25) is 0 Å². The number of hydrogen-bond donors (Lipinski definition) is 2. The van der Waals surface area contributed by atoms with Crippen LogP contribution in [-0.2, 0) is 0 Å². The summed E-state index contributed by atoms with van der Waals surface area (Å²) in [5, 5.41) is 12.0. The van der Waals surface area contributed by atoms with E-state index >= 15 is 0 Å². The van der Waals surface area contributed by atoms with Crippen molar-refractivity contribution in [3.63, 3.8) is 0 Å². The molecule has 0 unspecified atom stereocenters. The van der Waals surface area contributed by atoms with Crippen molar-refractivity contribution in [1.29, 1.82) is 0 Å². The molecule has 4 heavy (non-hydrogen) atoms. The third-order valence-electron chi connectivity index (χ3n) is 0. The maximum absolute atomic E-state index is 6.00. The first-order valence-corrected chi connectivity index (χ1v) is 0.200. The third-order valence-corrected chi connectivity index (χ3v) is 0. The van der Waals surface area contributed by atoms with E-state index < -0.39 is 0 Å². The van der Waals surface area contributed by atoms with Gasteiger partial charge in [-0.1, -0.05) is 0 Å². The monoisotopic (exact) mass is 68.0 g/mol. The Labute approximate surface area is 52.5 Å². The van der Waals surface area contributed by atoms with E-state index in [1.165, 1.54) is 0 Å². The van der Waals surface area contributed by atoms with Gasteiger partial charge in [-0.15, -0.1) is 0 Å². The minimum atomic E-state index is 0. The molecule has 0 bridgehead atoms. The molecule has 0 radical (unpaired) electrons. The van der Waals surface area contributed by atoms with E-state index in [2.05, 4.69) is 0 Å². The van der Waals surface area contributed by atoms with Crippen LogP contribution in [0.5, 0.6) is 0 Å². The second-order valence-corrected chi connectivity index (χ2v) is 0. The Kier molecular flexibility index (Phi) is 130. The van der Waals surface area contributed by atoms with Crippen LogP contribution >= 0.6 is 0 Å². The molecule has 2 N–H and O–H groups in total. The van der Waals surface area contributed by atoms with E-state index in [-0.39, 0.29) is 41.9 Å². The minimum absolute atomic E-state index is 0. The molecule has 20 valence electrons. The first-order chi connectivity index (χ1) is 1.00. The van der Waals surface area contributed by atoms with Gasteiger partial charge >= 0.3 is 41.9 Å². The topological polar surface area (TPSA) is 40.5 Å². The smallest absolute Gasteiger partial charge is 0.316 e. The molecule has 0 aliphatic carbocycles. The normalized spacial score (nSPS) is 1.50. The quantitative estimate of drug-likeness (QED) is 0.205. The average Bonchev–Trinajstić information content (AvgIpc) is 1.00. The Morgan fingerprint density at radius 1 is 1.00 bits per heavy atom. The number of hydrogen-bond acceptors (Lipinski definition) is 2. The molecule has 0 aromatic rings. The van der Waals surface area contributed by atoms with Gasteiger partial charge in [0, 0.05) is 0 Å². The Morgan fingerprint density at radius 2 is 1.00 bits per heavy atom. The minimum Gasteiger partial charge on any atom is 0.316 e. The van der Waals surface area contributed by atoms with E-state index in [4.69, 9.17) is 10.5 Å². The third kappa shape index (κ3) is 10.4. The Bertz CT molecular complexity index is 6.00. The molecule has 0 saturated carbocycles. The van der Waals surface area contributed by atoms with Crippen molar-refractivity contribution in [2.24, 2.45) is 0 Å². The van der Waals surface area contributed by atoms with Crippen molar-refractivity contribution in [2.45, 2.75) is 0 Å². The van der Waals surface area contributed by atoms with Crippen molar-refractivity contribution >= 4 is 41.9 Å². The summed E-state index contributed by atoms with van der Waals surface area (Å²) >= 11 is 0.